The monoisotopic (exact) mass is 347 g/mol. The first-order valence-electron chi connectivity index (χ1n) is 5.93. The maximum atomic E-state index is 11.9. The van der Waals surface area contributed by atoms with Crippen molar-refractivity contribution in [1.82, 2.24) is 4.90 Å². The number of amides is 1. The van der Waals surface area contributed by atoms with E-state index in [0.717, 1.165) is 15.1 Å². The van der Waals surface area contributed by atoms with E-state index in [1.807, 2.05) is 19.1 Å². The number of ether oxygens (including phenoxy) is 1. The fourth-order valence-electron chi connectivity index (χ4n) is 2.15. The number of morpholine rings is 1. The van der Waals surface area contributed by atoms with Gasteiger partial charge in [-0.15, -0.1) is 11.3 Å². The van der Waals surface area contributed by atoms with Crippen molar-refractivity contribution in [2.75, 3.05) is 13.2 Å². The van der Waals surface area contributed by atoms with Gasteiger partial charge in [-0.3, -0.25) is 4.79 Å². The van der Waals surface area contributed by atoms with Gasteiger partial charge in [0.05, 0.1) is 3.79 Å². The average Bonchev–Trinajstić information content (AvgIpc) is 2.78. The lowest BCUT2D eigenvalue weighted by Crippen LogP contribution is -2.51. The smallest absolute Gasteiger partial charge is 0.335 e. The Morgan fingerprint density at radius 2 is 2.37 bits per heavy atom. The van der Waals surface area contributed by atoms with E-state index in [-0.39, 0.29) is 12.5 Å². The number of hydrogen-bond donors (Lipinski definition) is 1. The molecule has 0 aliphatic carbocycles. The minimum atomic E-state index is -1.04. The summed E-state index contributed by atoms with van der Waals surface area (Å²) < 4.78 is 6.11. The fraction of sp³-hybridized carbons (Fsp3) is 0.500. The lowest BCUT2D eigenvalue weighted by molar-refractivity contribution is -0.173. The first kappa shape index (κ1) is 14.5. The molecule has 2 unspecified atom stereocenters. The summed E-state index contributed by atoms with van der Waals surface area (Å²) in [5, 5.41) is 9.28. The Hall–Kier alpha value is -0.920. The molecule has 1 fully saturated rings. The molecule has 0 bridgehead atoms. The highest BCUT2D eigenvalue weighted by Gasteiger charge is 2.42. The molecular formula is C12H14BrNO4S. The summed E-state index contributed by atoms with van der Waals surface area (Å²) in [5.74, 6) is -1.20. The first-order chi connectivity index (χ1) is 9.04. The number of thiophene rings is 1. The second-order valence-corrected chi connectivity index (χ2v) is 6.74. The molecule has 2 heterocycles. The summed E-state index contributed by atoms with van der Waals surface area (Å²) in [6, 6.07) is 3.14. The maximum Gasteiger partial charge on any atom is 0.335 e. The molecule has 0 spiro atoms. The molecule has 0 saturated carbocycles. The zero-order valence-electron chi connectivity index (χ0n) is 10.3. The Morgan fingerprint density at radius 1 is 1.63 bits per heavy atom. The van der Waals surface area contributed by atoms with Crippen molar-refractivity contribution >= 4 is 39.1 Å². The minimum absolute atomic E-state index is 0.158. The SMILES string of the molecule is CCCN1C(=O)COC(C(=O)O)C1c1ccc(Br)s1. The molecule has 1 aromatic rings. The number of carboxylic acids is 1. The Kier molecular flexibility index (Phi) is 4.59. The largest absolute Gasteiger partial charge is 0.479 e. The second-order valence-electron chi connectivity index (χ2n) is 4.24. The molecule has 7 heteroatoms. The van der Waals surface area contributed by atoms with Crippen LogP contribution in [0.1, 0.15) is 24.3 Å². The van der Waals surface area contributed by atoms with Crippen molar-refractivity contribution in [2.24, 2.45) is 0 Å². The Bertz CT molecular complexity index is 490. The van der Waals surface area contributed by atoms with Crippen LogP contribution in [-0.4, -0.2) is 41.1 Å². The third-order valence-electron chi connectivity index (χ3n) is 2.92. The van der Waals surface area contributed by atoms with Crippen molar-refractivity contribution in [1.29, 1.82) is 0 Å². The number of hydrogen-bond acceptors (Lipinski definition) is 4. The van der Waals surface area contributed by atoms with E-state index < -0.39 is 18.1 Å². The maximum absolute atomic E-state index is 11.9. The standard InChI is InChI=1S/C12H14BrNO4S/c1-2-5-14-9(15)6-18-11(12(16)17)10(14)7-3-4-8(13)19-7/h3-4,10-11H,2,5-6H2,1H3,(H,16,17). The molecule has 1 aliphatic rings. The Morgan fingerprint density at radius 3 is 2.89 bits per heavy atom. The van der Waals surface area contributed by atoms with Crippen molar-refractivity contribution in [3.63, 3.8) is 0 Å². The van der Waals surface area contributed by atoms with Gasteiger partial charge >= 0.3 is 5.97 Å². The Balaban J connectivity index is 2.37. The third kappa shape index (κ3) is 2.98. The normalized spacial score (nSPS) is 23.7. The fourth-order valence-corrected chi connectivity index (χ4v) is 3.72. The summed E-state index contributed by atoms with van der Waals surface area (Å²) in [5.41, 5.74) is 0. The van der Waals surface area contributed by atoms with Crippen molar-refractivity contribution in [3.05, 3.63) is 20.8 Å². The van der Waals surface area contributed by atoms with E-state index >= 15 is 0 Å². The van der Waals surface area contributed by atoms with Crippen LogP contribution in [0, 0.1) is 0 Å². The zero-order chi connectivity index (χ0) is 14.0. The highest BCUT2D eigenvalue weighted by molar-refractivity contribution is 9.11. The number of aliphatic carboxylic acids is 1. The van der Waals surface area contributed by atoms with Crippen LogP contribution >= 0.6 is 27.3 Å². The quantitative estimate of drug-likeness (QED) is 0.907. The molecule has 1 N–H and O–H groups in total. The van der Waals surface area contributed by atoms with E-state index in [0.29, 0.717) is 6.54 Å². The van der Waals surface area contributed by atoms with E-state index in [1.165, 1.54) is 11.3 Å². The van der Waals surface area contributed by atoms with Gasteiger partial charge in [-0.05, 0) is 34.5 Å². The van der Waals surface area contributed by atoms with Gasteiger partial charge in [0.1, 0.15) is 12.6 Å². The van der Waals surface area contributed by atoms with Gasteiger partial charge in [0, 0.05) is 11.4 Å². The van der Waals surface area contributed by atoms with Crippen LogP contribution in [0.4, 0.5) is 0 Å². The van der Waals surface area contributed by atoms with Crippen molar-refractivity contribution in [2.45, 2.75) is 25.5 Å². The van der Waals surface area contributed by atoms with E-state index in [2.05, 4.69) is 15.9 Å². The van der Waals surface area contributed by atoms with Crippen molar-refractivity contribution < 1.29 is 19.4 Å². The number of halogens is 1. The number of carbonyl (C=O) groups is 2. The number of carboxylic acid groups (broad SMARTS) is 1. The molecule has 2 atom stereocenters. The topological polar surface area (TPSA) is 66.8 Å². The zero-order valence-corrected chi connectivity index (χ0v) is 12.7. The first-order valence-corrected chi connectivity index (χ1v) is 7.54. The summed E-state index contributed by atoms with van der Waals surface area (Å²) in [6.07, 6.45) is -0.226. The van der Waals surface area contributed by atoms with E-state index in [9.17, 15) is 14.7 Å². The van der Waals surface area contributed by atoms with Crippen LogP contribution in [-0.2, 0) is 14.3 Å². The molecule has 104 valence electrons. The molecule has 1 amide bonds. The van der Waals surface area contributed by atoms with Gasteiger partial charge < -0.3 is 14.7 Å². The number of rotatable bonds is 4. The molecule has 19 heavy (non-hydrogen) atoms. The highest BCUT2D eigenvalue weighted by Crippen LogP contribution is 2.36. The van der Waals surface area contributed by atoms with Crippen LogP contribution in [0.5, 0.6) is 0 Å². The molecule has 1 saturated heterocycles. The summed E-state index contributed by atoms with van der Waals surface area (Å²) in [7, 11) is 0. The molecule has 5 nitrogen and oxygen atoms in total. The van der Waals surface area contributed by atoms with Gasteiger partial charge in [-0.25, -0.2) is 4.79 Å². The van der Waals surface area contributed by atoms with Gasteiger partial charge in [-0.1, -0.05) is 6.92 Å². The van der Waals surface area contributed by atoms with Crippen LogP contribution in [0.2, 0.25) is 0 Å². The molecule has 0 aromatic carbocycles. The number of nitrogens with zero attached hydrogens (tertiary/aromatic N) is 1. The predicted molar refractivity (Wildman–Crippen MR) is 74.1 cm³/mol. The van der Waals surface area contributed by atoms with Crippen LogP contribution in [0.15, 0.2) is 15.9 Å². The van der Waals surface area contributed by atoms with E-state index in [4.69, 9.17) is 4.74 Å². The van der Waals surface area contributed by atoms with Gasteiger partial charge in [-0.2, -0.15) is 0 Å². The summed E-state index contributed by atoms with van der Waals surface area (Å²) in [4.78, 5) is 25.7. The average molecular weight is 348 g/mol. The Labute approximate surface area is 123 Å². The van der Waals surface area contributed by atoms with Gasteiger partial charge in [0.15, 0.2) is 6.10 Å². The van der Waals surface area contributed by atoms with Crippen molar-refractivity contribution in [3.8, 4) is 0 Å². The summed E-state index contributed by atoms with van der Waals surface area (Å²) >= 11 is 4.78. The lowest BCUT2D eigenvalue weighted by Gasteiger charge is -2.38. The highest BCUT2D eigenvalue weighted by atomic mass is 79.9. The predicted octanol–water partition coefficient (Wildman–Crippen LogP) is 2.27. The third-order valence-corrected chi connectivity index (χ3v) is 4.62. The summed E-state index contributed by atoms with van der Waals surface area (Å²) in [6.45, 7) is 2.33. The van der Waals surface area contributed by atoms with Crippen LogP contribution in [0.3, 0.4) is 0 Å². The molecule has 2 rings (SSSR count). The molecular weight excluding hydrogens is 334 g/mol. The van der Waals surface area contributed by atoms with Crippen LogP contribution in [0.25, 0.3) is 0 Å². The number of carbonyl (C=O) groups excluding carboxylic acids is 1. The van der Waals surface area contributed by atoms with Gasteiger partial charge in [0.25, 0.3) is 0 Å². The molecule has 0 radical (unpaired) electrons. The van der Waals surface area contributed by atoms with E-state index in [1.54, 1.807) is 4.90 Å². The second kappa shape index (κ2) is 6.02. The molecule has 1 aromatic heterocycles. The van der Waals surface area contributed by atoms with Crippen LogP contribution < -0.4 is 0 Å². The van der Waals surface area contributed by atoms with Gasteiger partial charge in [0.2, 0.25) is 5.91 Å². The minimum Gasteiger partial charge on any atom is -0.479 e. The molecule has 1 aliphatic heterocycles. The lowest BCUT2D eigenvalue weighted by atomic mass is 10.0.